The van der Waals surface area contributed by atoms with Crippen molar-refractivity contribution in [1.82, 2.24) is 10.2 Å². The predicted molar refractivity (Wildman–Crippen MR) is 67.1 cm³/mol. The first-order chi connectivity index (χ1) is 8.49. The summed E-state index contributed by atoms with van der Waals surface area (Å²) in [4.78, 5) is 23.2. The summed E-state index contributed by atoms with van der Waals surface area (Å²) in [5, 5.41) is 9.40. The van der Waals surface area contributed by atoms with Crippen molar-refractivity contribution in [1.29, 1.82) is 0 Å². The predicted octanol–water partition coefficient (Wildman–Crippen LogP) is 1.67. The van der Waals surface area contributed by atoms with Gasteiger partial charge in [-0.2, -0.15) is 5.10 Å². The highest BCUT2D eigenvalue weighted by molar-refractivity contribution is 6.04. The molecule has 0 bridgehead atoms. The van der Waals surface area contributed by atoms with Crippen LogP contribution in [0.25, 0.3) is 0 Å². The number of nitrogens with one attached hydrogen (secondary N) is 2. The Hall–Kier alpha value is -1.85. The first kappa shape index (κ1) is 14.2. The quantitative estimate of drug-likeness (QED) is 0.617. The van der Waals surface area contributed by atoms with E-state index >= 15 is 0 Å². The van der Waals surface area contributed by atoms with E-state index in [0.29, 0.717) is 18.2 Å². The van der Waals surface area contributed by atoms with Gasteiger partial charge in [-0.1, -0.05) is 20.8 Å². The van der Waals surface area contributed by atoms with Crippen LogP contribution in [0.15, 0.2) is 6.07 Å². The molecule has 1 heterocycles. The highest BCUT2D eigenvalue weighted by atomic mass is 16.5. The van der Waals surface area contributed by atoms with Crippen molar-refractivity contribution in [3.63, 3.8) is 0 Å². The van der Waals surface area contributed by atoms with Crippen LogP contribution in [-0.2, 0) is 14.3 Å². The van der Waals surface area contributed by atoms with E-state index in [4.69, 9.17) is 0 Å². The van der Waals surface area contributed by atoms with E-state index in [1.54, 1.807) is 13.0 Å². The smallest absolute Gasteiger partial charge is 0.318 e. The average molecular weight is 253 g/mol. The van der Waals surface area contributed by atoms with Crippen molar-refractivity contribution in [2.24, 2.45) is 5.92 Å². The Balaban J connectivity index is 2.70. The van der Waals surface area contributed by atoms with E-state index in [1.165, 1.54) is 7.11 Å². The van der Waals surface area contributed by atoms with Crippen LogP contribution in [0.1, 0.15) is 38.8 Å². The third kappa shape index (κ3) is 3.32. The Morgan fingerprint density at radius 3 is 2.61 bits per heavy atom. The molecule has 100 valence electrons. The van der Waals surface area contributed by atoms with Gasteiger partial charge >= 0.3 is 5.97 Å². The molecule has 0 saturated heterocycles. The number of carbonyl (C=O) groups excluding carboxylic acids is 2. The number of carbonyl (C=O) groups is 2. The Bertz CT molecular complexity index is 426. The van der Waals surface area contributed by atoms with Gasteiger partial charge in [-0.25, -0.2) is 0 Å². The van der Waals surface area contributed by atoms with Crippen molar-refractivity contribution in [3.8, 4) is 0 Å². The minimum atomic E-state index is -0.797. The molecular formula is C12H19N3O3. The van der Waals surface area contributed by atoms with Crippen molar-refractivity contribution in [2.45, 2.75) is 33.1 Å². The summed E-state index contributed by atoms with van der Waals surface area (Å²) >= 11 is 0. The Labute approximate surface area is 106 Å². The topological polar surface area (TPSA) is 84.1 Å². The lowest BCUT2D eigenvalue weighted by Gasteiger charge is -2.10. The van der Waals surface area contributed by atoms with E-state index in [0.717, 1.165) is 5.69 Å². The molecule has 1 unspecified atom stereocenters. The van der Waals surface area contributed by atoms with Crippen LogP contribution in [0.2, 0.25) is 0 Å². The summed E-state index contributed by atoms with van der Waals surface area (Å²) in [5.41, 5.74) is 0.927. The molecule has 0 spiro atoms. The fraction of sp³-hybridized carbons (Fsp3) is 0.583. The molecule has 0 aliphatic rings. The maximum atomic E-state index is 11.9. The molecule has 0 fully saturated rings. The first-order valence-electron chi connectivity index (χ1n) is 5.93. The van der Waals surface area contributed by atoms with Crippen LogP contribution in [0.3, 0.4) is 0 Å². The fourth-order valence-electron chi connectivity index (χ4n) is 1.51. The molecule has 2 N–H and O–H groups in total. The largest absolute Gasteiger partial charge is 0.468 e. The lowest BCUT2D eigenvalue weighted by atomic mass is 10.1. The van der Waals surface area contributed by atoms with E-state index in [-0.39, 0.29) is 0 Å². The molecule has 1 aromatic rings. The summed E-state index contributed by atoms with van der Waals surface area (Å²) in [6.07, 6.45) is 0.389. The van der Waals surface area contributed by atoms with Gasteiger partial charge in [-0.15, -0.1) is 0 Å². The monoisotopic (exact) mass is 253 g/mol. The maximum absolute atomic E-state index is 11.9. The van der Waals surface area contributed by atoms with Crippen molar-refractivity contribution >= 4 is 17.7 Å². The molecular weight excluding hydrogens is 234 g/mol. The normalized spacial score (nSPS) is 12.3. The third-order valence-electron chi connectivity index (χ3n) is 2.68. The molecule has 6 heteroatoms. The number of amides is 1. The van der Waals surface area contributed by atoms with Crippen LogP contribution in [0.4, 0.5) is 5.82 Å². The lowest BCUT2D eigenvalue weighted by molar-refractivity contribution is -0.148. The van der Waals surface area contributed by atoms with Crippen LogP contribution >= 0.6 is 0 Å². The number of anilines is 1. The molecule has 1 aromatic heterocycles. The second-order valence-corrected chi connectivity index (χ2v) is 4.34. The maximum Gasteiger partial charge on any atom is 0.318 e. The van der Waals surface area contributed by atoms with Crippen LogP contribution < -0.4 is 5.32 Å². The van der Waals surface area contributed by atoms with Crippen LogP contribution in [-0.4, -0.2) is 29.2 Å². The molecule has 0 radical (unpaired) electrons. The molecule has 1 amide bonds. The SMILES string of the molecule is CCC(C(=O)Nc1cc(C(C)C)[nH]n1)C(=O)OC. The van der Waals surface area contributed by atoms with Gasteiger partial charge in [0.1, 0.15) is 5.92 Å². The molecule has 18 heavy (non-hydrogen) atoms. The number of H-pyrrole nitrogens is 1. The van der Waals surface area contributed by atoms with Gasteiger partial charge in [0.2, 0.25) is 5.91 Å². The summed E-state index contributed by atoms with van der Waals surface area (Å²) < 4.78 is 4.58. The number of ether oxygens (including phenoxy) is 1. The standard InChI is InChI=1S/C12H19N3O3/c1-5-8(12(17)18-4)11(16)13-10-6-9(7(2)3)14-15-10/h6-8H,5H2,1-4H3,(H2,13,14,15,16). The zero-order chi connectivity index (χ0) is 13.7. The summed E-state index contributed by atoms with van der Waals surface area (Å²) in [5.74, 6) is -1.01. The number of hydrogen-bond acceptors (Lipinski definition) is 4. The number of nitrogens with zero attached hydrogens (tertiary/aromatic N) is 1. The van der Waals surface area contributed by atoms with Crippen LogP contribution in [0.5, 0.6) is 0 Å². The minimum absolute atomic E-state index is 0.297. The van der Waals surface area contributed by atoms with Gasteiger partial charge in [0.25, 0.3) is 0 Å². The third-order valence-corrected chi connectivity index (χ3v) is 2.68. The second kappa shape index (κ2) is 6.18. The van der Waals surface area contributed by atoms with E-state index in [1.807, 2.05) is 13.8 Å². The van der Waals surface area contributed by atoms with Gasteiger partial charge in [0.15, 0.2) is 5.82 Å². The zero-order valence-electron chi connectivity index (χ0n) is 11.1. The number of rotatable bonds is 5. The summed E-state index contributed by atoms with van der Waals surface area (Å²) in [6, 6.07) is 1.76. The molecule has 6 nitrogen and oxygen atoms in total. The number of methoxy groups -OCH3 is 1. The summed E-state index contributed by atoms with van der Waals surface area (Å²) in [6.45, 7) is 5.79. The fourth-order valence-corrected chi connectivity index (χ4v) is 1.51. The highest BCUT2D eigenvalue weighted by Crippen LogP contribution is 2.16. The van der Waals surface area contributed by atoms with E-state index < -0.39 is 17.8 Å². The molecule has 0 aliphatic carbocycles. The molecule has 0 aliphatic heterocycles. The molecule has 0 aromatic carbocycles. The van der Waals surface area contributed by atoms with Gasteiger partial charge in [-0.05, 0) is 12.3 Å². The Kier molecular flexibility index (Phi) is 4.88. The number of esters is 1. The van der Waals surface area contributed by atoms with Crippen molar-refractivity contribution < 1.29 is 14.3 Å². The van der Waals surface area contributed by atoms with Gasteiger partial charge in [0, 0.05) is 11.8 Å². The van der Waals surface area contributed by atoms with Gasteiger partial charge < -0.3 is 10.1 Å². The molecule has 1 atom stereocenters. The Morgan fingerprint density at radius 1 is 1.50 bits per heavy atom. The molecule has 0 saturated carbocycles. The van der Waals surface area contributed by atoms with Gasteiger partial charge in [0.05, 0.1) is 7.11 Å². The first-order valence-corrected chi connectivity index (χ1v) is 5.93. The van der Waals surface area contributed by atoms with E-state index in [2.05, 4.69) is 20.3 Å². The van der Waals surface area contributed by atoms with E-state index in [9.17, 15) is 9.59 Å². The number of hydrogen-bond donors (Lipinski definition) is 2. The number of aromatic amines is 1. The highest BCUT2D eigenvalue weighted by Gasteiger charge is 2.26. The molecule has 1 rings (SSSR count). The minimum Gasteiger partial charge on any atom is -0.468 e. The average Bonchev–Trinajstić information content (AvgIpc) is 2.78. The zero-order valence-corrected chi connectivity index (χ0v) is 11.1. The Morgan fingerprint density at radius 2 is 2.17 bits per heavy atom. The summed E-state index contributed by atoms with van der Waals surface area (Å²) in [7, 11) is 1.27. The lowest BCUT2D eigenvalue weighted by Crippen LogP contribution is -2.30. The van der Waals surface area contributed by atoms with Gasteiger partial charge in [-0.3, -0.25) is 14.7 Å². The second-order valence-electron chi connectivity index (χ2n) is 4.34. The van der Waals surface area contributed by atoms with Crippen molar-refractivity contribution in [3.05, 3.63) is 11.8 Å². The van der Waals surface area contributed by atoms with Crippen LogP contribution in [0, 0.1) is 5.92 Å². The van der Waals surface area contributed by atoms with Crippen molar-refractivity contribution in [2.75, 3.05) is 12.4 Å². The number of aromatic nitrogens is 2.